The summed E-state index contributed by atoms with van der Waals surface area (Å²) < 4.78 is 3.48. The zero-order valence-corrected chi connectivity index (χ0v) is 11.2. The second kappa shape index (κ2) is 3.59. The van der Waals surface area contributed by atoms with Crippen molar-refractivity contribution >= 4 is 21.6 Å². The smallest absolute Gasteiger partial charge is 0.137 e. The summed E-state index contributed by atoms with van der Waals surface area (Å²) in [5.74, 6) is 0.783. The second-order valence-electron chi connectivity index (χ2n) is 4.81. The summed E-state index contributed by atoms with van der Waals surface area (Å²) in [4.78, 5) is 4.73. The lowest BCUT2D eigenvalue weighted by atomic mass is 9.91. The van der Waals surface area contributed by atoms with Gasteiger partial charge in [0.05, 0.1) is 5.69 Å². The largest absolute Gasteiger partial charge is 0.300 e. The lowest BCUT2D eigenvalue weighted by Crippen LogP contribution is -2.13. The molecule has 0 spiro atoms. The van der Waals surface area contributed by atoms with Crippen LogP contribution in [0.3, 0.4) is 0 Å². The van der Waals surface area contributed by atoms with Gasteiger partial charge in [0.15, 0.2) is 0 Å². The number of hydrogen-bond donors (Lipinski definition) is 0. The van der Waals surface area contributed by atoms with Crippen molar-refractivity contribution in [1.29, 1.82) is 0 Å². The number of fused-ring (bicyclic) bond motifs is 3. The molecule has 3 rings (SSSR count). The summed E-state index contributed by atoms with van der Waals surface area (Å²) in [5, 5.41) is 0. The van der Waals surface area contributed by atoms with Gasteiger partial charge in [-0.3, -0.25) is 4.40 Å². The van der Waals surface area contributed by atoms with E-state index >= 15 is 0 Å². The van der Waals surface area contributed by atoms with Gasteiger partial charge in [0.1, 0.15) is 5.65 Å². The molecular weight excluding hydrogens is 264 g/mol. The van der Waals surface area contributed by atoms with E-state index in [-0.39, 0.29) is 0 Å². The first-order valence-electron chi connectivity index (χ1n) is 5.82. The van der Waals surface area contributed by atoms with Crippen LogP contribution < -0.4 is 0 Å². The van der Waals surface area contributed by atoms with Crippen LogP contribution in [0.25, 0.3) is 5.65 Å². The van der Waals surface area contributed by atoms with Crippen LogP contribution in [0, 0.1) is 12.8 Å². The number of aryl methyl sites for hydroxylation is 2. The molecule has 0 radical (unpaired) electrons. The predicted molar refractivity (Wildman–Crippen MR) is 68.8 cm³/mol. The Labute approximate surface area is 104 Å². The van der Waals surface area contributed by atoms with Gasteiger partial charge in [-0.05, 0) is 60.2 Å². The first-order valence-corrected chi connectivity index (χ1v) is 6.61. The molecule has 2 heterocycles. The maximum atomic E-state index is 4.73. The highest BCUT2D eigenvalue weighted by Gasteiger charge is 2.21. The van der Waals surface area contributed by atoms with Gasteiger partial charge in [-0.2, -0.15) is 0 Å². The summed E-state index contributed by atoms with van der Waals surface area (Å²) >= 11 is 3.60. The third-order valence-electron chi connectivity index (χ3n) is 3.56. The number of pyridine rings is 1. The van der Waals surface area contributed by atoms with Crippen molar-refractivity contribution in [3.8, 4) is 0 Å². The molecule has 1 atom stereocenters. The molecule has 0 saturated heterocycles. The van der Waals surface area contributed by atoms with Gasteiger partial charge < -0.3 is 0 Å². The zero-order valence-electron chi connectivity index (χ0n) is 9.63. The SMILES string of the molecule is Cc1c(Br)ccc2nc3c(n12)CC(C)CC3. The quantitative estimate of drug-likeness (QED) is 0.721. The minimum atomic E-state index is 0.783. The van der Waals surface area contributed by atoms with Gasteiger partial charge >= 0.3 is 0 Å². The van der Waals surface area contributed by atoms with Crippen LogP contribution in [0.2, 0.25) is 0 Å². The van der Waals surface area contributed by atoms with Gasteiger partial charge in [0.25, 0.3) is 0 Å². The van der Waals surface area contributed by atoms with Crippen LogP contribution in [-0.4, -0.2) is 9.38 Å². The van der Waals surface area contributed by atoms with Crippen molar-refractivity contribution in [3.05, 3.63) is 33.7 Å². The number of nitrogens with zero attached hydrogens (tertiary/aromatic N) is 2. The summed E-state index contributed by atoms with van der Waals surface area (Å²) in [7, 11) is 0. The number of aromatic nitrogens is 2. The fourth-order valence-electron chi connectivity index (χ4n) is 2.61. The van der Waals surface area contributed by atoms with E-state index in [0.29, 0.717) is 0 Å². The molecule has 2 aromatic rings. The molecule has 0 bridgehead atoms. The first kappa shape index (κ1) is 10.3. The number of hydrogen-bond acceptors (Lipinski definition) is 1. The fraction of sp³-hybridized carbons (Fsp3) is 0.462. The minimum absolute atomic E-state index is 0.783. The molecule has 0 aliphatic heterocycles. The van der Waals surface area contributed by atoms with E-state index in [4.69, 9.17) is 4.98 Å². The molecule has 0 N–H and O–H groups in total. The molecule has 0 fully saturated rings. The van der Waals surface area contributed by atoms with Gasteiger partial charge in [-0.15, -0.1) is 0 Å². The summed E-state index contributed by atoms with van der Waals surface area (Å²) in [6, 6.07) is 4.19. The van der Waals surface area contributed by atoms with E-state index in [1.807, 2.05) is 0 Å². The number of rotatable bonds is 0. The minimum Gasteiger partial charge on any atom is -0.300 e. The van der Waals surface area contributed by atoms with Crippen molar-refractivity contribution in [1.82, 2.24) is 9.38 Å². The second-order valence-corrected chi connectivity index (χ2v) is 5.67. The molecule has 1 unspecified atom stereocenters. The normalized spacial score (nSPS) is 20.1. The molecule has 0 amide bonds. The fourth-order valence-corrected chi connectivity index (χ4v) is 2.92. The van der Waals surface area contributed by atoms with Crippen LogP contribution in [0.5, 0.6) is 0 Å². The van der Waals surface area contributed by atoms with E-state index in [1.165, 1.54) is 28.0 Å². The molecule has 84 valence electrons. The number of imidazole rings is 1. The van der Waals surface area contributed by atoms with Crippen LogP contribution in [0.4, 0.5) is 0 Å². The van der Waals surface area contributed by atoms with Crippen molar-refractivity contribution < 1.29 is 0 Å². The topological polar surface area (TPSA) is 17.3 Å². The first-order chi connectivity index (χ1) is 7.66. The highest BCUT2D eigenvalue weighted by atomic mass is 79.9. The van der Waals surface area contributed by atoms with Gasteiger partial charge in [0.2, 0.25) is 0 Å². The summed E-state index contributed by atoms with van der Waals surface area (Å²) in [6.45, 7) is 4.48. The Hall–Kier alpha value is -0.830. The Morgan fingerprint density at radius 2 is 2.25 bits per heavy atom. The standard InChI is InChI=1S/C13H15BrN2/c1-8-3-5-11-12(7-8)16-9(2)10(14)4-6-13(16)15-11/h4,6,8H,3,5,7H2,1-2H3. The van der Waals surface area contributed by atoms with Gasteiger partial charge in [-0.25, -0.2) is 4.98 Å². The monoisotopic (exact) mass is 278 g/mol. The molecule has 2 nitrogen and oxygen atoms in total. The Morgan fingerprint density at radius 1 is 1.44 bits per heavy atom. The van der Waals surface area contributed by atoms with E-state index in [2.05, 4.69) is 46.3 Å². The predicted octanol–water partition coefficient (Wildman–Crippen LogP) is 3.53. The Balaban J connectivity index is 2.32. The van der Waals surface area contributed by atoms with Gasteiger partial charge in [0, 0.05) is 15.9 Å². The third kappa shape index (κ3) is 1.41. The van der Waals surface area contributed by atoms with Crippen LogP contribution >= 0.6 is 15.9 Å². The molecular formula is C13H15BrN2. The molecule has 1 aliphatic carbocycles. The van der Waals surface area contributed by atoms with E-state index in [9.17, 15) is 0 Å². The maximum absolute atomic E-state index is 4.73. The Morgan fingerprint density at radius 3 is 3.06 bits per heavy atom. The molecule has 1 aliphatic rings. The third-order valence-corrected chi connectivity index (χ3v) is 4.40. The van der Waals surface area contributed by atoms with Crippen LogP contribution in [0.1, 0.15) is 30.4 Å². The zero-order chi connectivity index (χ0) is 11.3. The summed E-state index contributed by atoms with van der Waals surface area (Å²) in [6.07, 6.45) is 3.57. The van der Waals surface area contributed by atoms with E-state index in [0.717, 1.165) is 24.4 Å². The van der Waals surface area contributed by atoms with Crippen LogP contribution in [0.15, 0.2) is 16.6 Å². The van der Waals surface area contributed by atoms with Crippen molar-refractivity contribution in [2.24, 2.45) is 5.92 Å². The lowest BCUT2D eigenvalue weighted by Gasteiger charge is -2.18. The highest BCUT2D eigenvalue weighted by molar-refractivity contribution is 9.10. The average molecular weight is 279 g/mol. The summed E-state index contributed by atoms with van der Waals surface area (Å²) in [5.41, 5.74) is 5.09. The molecule has 16 heavy (non-hydrogen) atoms. The molecule has 2 aromatic heterocycles. The van der Waals surface area contributed by atoms with Crippen LogP contribution in [-0.2, 0) is 12.8 Å². The average Bonchev–Trinajstić information content (AvgIpc) is 2.62. The Kier molecular flexibility index (Phi) is 2.32. The maximum Gasteiger partial charge on any atom is 0.137 e. The van der Waals surface area contributed by atoms with Gasteiger partial charge in [-0.1, -0.05) is 6.92 Å². The Bertz CT molecular complexity index is 557. The molecule has 0 saturated carbocycles. The van der Waals surface area contributed by atoms with Crippen molar-refractivity contribution in [2.45, 2.75) is 33.1 Å². The number of halogens is 1. The lowest BCUT2D eigenvalue weighted by molar-refractivity contribution is 0.487. The van der Waals surface area contributed by atoms with Crippen molar-refractivity contribution in [3.63, 3.8) is 0 Å². The van der Waals surface area contributed by atoms with E-state index < -0.39 is 0 Å². The molecule has 3 heteroatoms. The molecule has 0 aromatic carbocycles. The van der Waals surface area contributed by atoms with Crippen molar-refractivity contribution in [2.75, 3.05) is 0 Å². The highest BCUT2D eigenvalue weighted by Crippen LogP contribution is 2.28. The van der Waals surface area contributed by atoms with E-state index in [1.54, 1.807) is 0 Å².